The maximum absolute atomic E-state index is 11.3. The molecule has 3 N–H and O–H groups in total. The molecule has 0 aromatic heterocycles. The van der Waals surface area contributed by atoms with Crippen molar-refractivity contribution >= 4 is 5.91 Å². The number of nitrogens with one attached hydrogen (secondary N) is 2. The molecule has 0 bridgehead atoms. The van der Waals surface area contributed by atoms with E-state index in [0.29, 0.717) is 19.1 Å². The second-order valence-corrected chi connectivity index (χ2v) is 5.18. The minimum absolute atomic E-state index is 0.0168. The standard InChI is InChI=1S/C11H23N3O2/c1-11(16,8-14(2)3)7-12-6-10(15)13-9-4-5-9/h9,12,16H,4-8H2,1-3H3,(H,13,15). The Kier molecular flexibility index (Phi) is 4.70. The zero-order valence-corrected chi connectivity index (χ0v) is 10.4. The van der Waals surface area contributed by atoms with E-state index in [1.165, 1.54) is 0 Å². The third-order valence-corrected chi connectivity index (χ3v) is 2.39. The van der Waals surface area contributed by atoms with Gasteiger partial charge in [-0.1, -0.05) is 0 Å². The van der Waals surface area contributed by atoms with Gasteiger partial charge in [0.1, 0.15) is 0 Å². The maximum atomic E-state index is 11.3. The molecule has 0 aromatic rings. The summed E-state index contributed by atoms with van der Waals surface area (Å²) >= 11 is 0. The quantitative estimate of drug-likeness (QED) is 0.533. The molecule has 0 heterocycles. The van der Waals surface area contributed by atoms with Crippen molar-refractivity contribution in [3.05, 3.63) is 0 Å². The third-order valence-electron chi connectivity index (χ3n) is 2.39. The first-order valence-electron chi connectivity index (χ1n) is 5.76. The molecule has 1 amide bonds. The summed E-state index contributed by atoms with van der Waals surface area (Å²) < 4.78 is 0. The largest absolute Gasteiger partial charge is 0.388 e. The maximum Gasteiger partial charge on any atom is 0.234 e. The monoisotopic (exact) mass is 229 g/mol. The molecule has 0 aliphatic heterocycles. The van der Waals surface area contributed by atoms with Gasteiger partial charge in [0.05, 0.1) is 12.1 Å². The molecule has 5 nitrogen and oxygen atoms in total. The number of rotatable bonds is 7. The van der Waals surface area contributed by atoms with Gasteiger partial charge in [-0.05, 0) is 33.9 Å². The first kappa shape index (κ1) is 13.4. The Bertz CT molecular complexity index is 237. The first-order valence-corrected chi connectivity index (χ1v) is 5.76. The van der Waals surface area contributed by atoms with Gasteiger partial charge in [0.15, 0.2) is 0 Å². The van der Waals surface area contributed by atoms with E-state index in [4.69, 9.17) is 0 Å². The molecule has 1 rings (SSSR count). The van der Waals surface area contributed by atoms with Gasteiger partial charge >= 0.3 is 0 Å². The minimum Gasteiger partial charge on any atom is -0.388 e. The SMILES string of the molecule is CN(C)CC(C)(O)CNCC(=O)NC1CC1. The summed E-state index contributed by atoms with van der Waals surface area (Å²) in [6, 6.07) is 0.400. The van der Waals surface area contributed by atoms with Gasteiger partial charge in [0.2, 0.25) is 5.91 Å². The summed E-state index contributed by atoms with van der Waals surface area (Å²) in [7, 11) is 3.82. The lowest BCUT2D eigenvalue weighted by molar-refractivity contribution is -0.120. The normalized spacial score (nSPS) is 19.6. The van der Waals surface area contributed by atoms with Gasteiger partial charge in [0.25, 0.3) is 0 Å². The lowest BCUT2D eigenvalue weighted by Gasteiger charge is -2.27. The Morgan fingerprint density at radius 2 is 2.12 bits per heavy atom. The molecular formula is C11H23N3O2. The highest BCUT2D eigenvalue weighted by atomic mass is 16.3. The molecule has 94 valence electrons. The Balaban J connectivity index is 2.10. The molecule has 5 heteroatoms. The number of nitrogens with zero attached hydrogens (tertiary/aromatic N) is 1. The van der Waals surface area contributed by atoms with Gasteiger partial charge < -0.3 is 20.6 Å². The van der Waals surface area contributed by atoms with E-state index in [9.17, 15) is 9.90 Å². The number of hydrogen-bond donors (Lipinski definition) is 3. The Morgan fingerprint density at radius 1 is 1.50 bits per heavy atom. The van der Waals surface area contributed by atoms with Crippen LogP contribution >= 0.6 is 0 Å². The molecular weight excluding hydrogens is 206 g/mol. The molecule has 1 unspecified atom stereocenters. The average molecular weight is 229 g/mol. The highest BCUT2D eigenvalue weighted by molar-refractivity contribution is 5.78. The van der Waals surface area contributed by atoms with Crippen molar-refractivity contribution in [1.82, 2.24) is 15.5 Å². The van der Waals surface area contributed by atoms with Crippen molar-refractivity contribution in [3.63, 3.8) is 0 Å². The highest BCUT2D eigenvalue weighted by Gasteiger charge is 2.24. The van der Waals surface area contributed by atoms with Crippen LogP contribution in [0.5, 0.6) is 0 Å². The van der Waals surface area contributed by atoms with Crippen molar-refractivity contribution in [1.29, 1.82) is 0 Å². The summed E-state index contributed by atoms with van der Waals surface area (Å²) in [6.07, 6.45) is 2.20. The zero-order valence-electron chi connectivity index (χ0n) is 10.4. The summed E-state index contributed by atoms with van der Waals surface area (Å²) in [4.78, 5) is 13.3. The molecule has 1 saturated carbocycles. The second-order valence-electron chi connectivity index (χ2n) is 5.18. The van der Waals surface area contributed by atoms with Crippen LogP contribution in [0.2, 0.25) is 0 Å². The molecule has 0 aromatic carbocycles. The Hall–Kier alpha value is -0.650. The number of amides is 1. The molecule has 0 spiro atoms. The number of hydrogen-bond acceptors (Lipinski definition) is 4. The van der Waals surface area contributed by atoms with Crippen LogP contribution in [0.1, 0.15) is 19.8 Å². The Morgan fingerprint density at radius 3 is 2.62 bits per heavy atom. The summed E-state index contributed by atoms with van der Waals surface area (Å²) in [5.41, 5.74) is -0.802. The van der Waals surface area contributed by atoms with Crippen LogP contribution < -0.4 is 10.6 Å². The highest BCUT2D eigenvalue weighted by Crippen LogP contribution is 2.18. The zero-order chi connectivity index (χ0) is 12.2. The molecule has 0 saturated heterocycles. The van der Waals surface area contributed by atoms with Crippen LogP contribution in [0.15, 0.2) is 0 Å². The van der Waals surface area contributed by atoms with Gasteiger partial charge in [0, 0.05) is 19.1 Å². The summed E-state index contributed by atoms with van der Waals surface area (Å²) in [5.74, 6) is 0.0168. The molecule has 1 aliphatic carbocycles. The van der Waals surface area contributed by atoms with Crippen LogP contribution in [0, 0.1) is 0 Å². The van der Waals surface area contributed by atoms with Crippen LogP contribution in [-0.4, -0.2) is 61.3 Å². The minimum atomic E-state index is -0.802. The molecule has 0 radical (unpaired) electrons. The van der Waals surface area contributed by atoms with Crippen molar-refractivity contribution in [2.45, 2.75) is 31.4 Å². The van der Waals surface area contributed by atoms with Gasteiger partial charge in [-0.3, -0.25) is 4.79 Å². The lowest BCUT2D eigenvalue weighted by atomic mass is 10.1. The Labute approximate surface area is 97.2 Å². The van der Waals surface area contributed by atoms with Crippen molar-refractivity contribution in [2.75, 3.05) is 33.7 Å². The molecule has 1 atom stereocenters. The fourth-order valence-electron chi connectivity index (χ4n) is 1.69. The van der Waals surface area contributed by atoms with E-state index >= 15 is 0 Å². The average Bonchev–Trinajstić information content (AvgIpc) is 2.84. The fourth-order valence-corrected chi connectivity index (χ4v) is 1.69. The fraction of sp³-hybridized carbons (Fsp3) is 0.909. The smallest absolute Gasteiger partial charge is 0.234 e. The lowest BCUT2D eigenvalue weighted by Crippen LogP contribution is -2.47. The van der Waals surface area contributed by atoms with Crippen LogP contribution in [-0.2, 0) is 4.79 Å². The van der Waals surface area contributed by atoms with E-state index in [1.54, 1.807) is 6.92 Å². The predicted octanol–water partition coefficient (Wildman–Crippen LogP) is -0.833. The topological polar surface area (TPSA) is 64.6 Å². The van der Waals surface area contributed by atoms with Crippen LogP contribution in [0.3, 0.4) is 0 Å². The molecule has 16 heavy (non-hydrogen) atoms. The van der Waals surface area contributed by atoms with Crippen molar-refractivity contribution in [3.8, 4) is 0 Å². The van der Waals surface area contributed by atoms with Gasteiger partial charge in [-0.2, -0.15) is 0 Å². The van der Waals surface area contributed by atoms with Crippen molar-refractivity contribution in [2.24, 2.45) is 0 Å². The number of carbonyl (C=O) groups excluding carboxylic acids is 1. The number of likely N-dealkylation sites (N-methyl/N-ethyl adjacent to an activating group) is 1. The van der Waals surface area contributed by atoms with E-state index in [1.807, 2.05) is 19.0 Å². The van der Waals surface area contributed by atoms with E-state index in [-0.39, 0.29) is 12.5 Å². The second kappa shape index (κ2) is 5.61. The number of aliphatic hydroxyl groups is 1. The summed E-state index contributed by atoms with van der Waals surface area (Å²) in [5, 5.41) is 15.8. The number of carbonyl (C=O) groups is 1. The van der Waals surface area contributed by atoms with Gasteiger partial charge in [-0.25, -0.2) is 0 Å². The van der Waals surface area contributed by atoms with Crippen LogP contribution in [0.4, 0.5) is 0 Å². The van der Waals surface area contributed by atoms with Gasteiger partial charge in [-0.15, -0.1) is 0 Å². The van der Waals surface area contributed by atoms with E-state index in [0.717, 1.165) is 12.8 Å². The predicted molar refractivity (Wildman–Crippen MR) is 63.2 cm³/mol. The third kappa shape index (κ3) is 6.05. The first-order chi connectivity index (χ1) is 7.39. The van der Waals surface area contributed by atoms with E-state index < -0.39 is 5.60 Å². The summed E-state index contributed by atoms with van der Waals surface area (Å²) in [6.45, 7) is 3.03. The van der Waals surface area contributed by atoms with Crippen molar-refractivity contribution < 1.29 is 9.90 Å². The van der Waals surface area contributed by atoms with E-state index in [2.05, 4.69) is 10.6 Å². The van der Waals surface area contributed by atoms with Crippen LogP contribution in [0.25, 0.3) is 0 Å². The molecule has 1 fully saturated rings. The molecule has 1 aliphatic rings.